The summed E-state index contributed by atoms with van der Waals surface area (Å²) in [6, 6.07) is 17.8. The maximum absolute atomic E-state index is 11.8. The Kier molecular flexibility index (Phi) is 5.84. The van der Waals surface area contributed by atoms with Crippen molar-refractivity contribution in [3.63, 3.8) is 0 Å². The van der Waals surface area contributed by atoms with Crippen LogP contribution in [0.15, 0.2) is 79.8 Å². The molecule has 0 atom stereocenters. The molecule has 0 saturated heterocycles. The maximum atomic E-state index is 11.8. The van der Waals surface area contributed by atoms with Crippen LogP contribution in [-0.4, -0.2) is 32.0 Å². The van der Waals surface area contributed by atoms with Gasteiger partial charge in [0.15, 0.2) is 0 Å². The van der Waals surface area contributed by atoms with Crippen molar-refractivity contribution in [2.24, 2.45) is 7.05 Å². The molecule has 1 aliphatic rings. The number of hydrogen-bond donors (Lipinski definition) is 2. The van der Waals surface area contributed by atoms with Gasteiger partial charge in [-0.1, -0.05) is 24.8 Å². The number of fused-ring (bicyclic) bond motifs is 2. The summed E-state index contributed by atoms with van der Waals surface area (Å²) < 4.78 is 8.29. The molecule has 4 heterocycles. The van der Waals surface area contributed by atoms with Gasteiger partial charge in [0.2, 0.25) is 5.91 Å². The van der Waals surface area contributed by atoms with Gasteiger partial charge in [0, 0.05) is 42.8 Å². The van der Waals surface area contributed by atoms with Gasteiger partial charge in [0.1, 0.15) is 29.3 Å². The number of nitrogens with one attached hydrogen (secondary N) is 2. The van der Waals surface area contributed by atoms with Gasteiger partial charge in [-0.15, -0.1) is 0 Å². The molecule has 6 rings (SSSR count). The minimum Gasteiger partial charge on any atom is -0.457 e. The molecule has 2 aromatic carbocycles. The number of rotatable bonds is 5. The van der Waals surface area contributed by atoms with Gasteiger partial charge in [0.25, 0.3) is 0 Å². The number of anilines is 2. The Morgan fingerprint density at radius 2 is 1.89 bits per heavy atom. The topological polar surface area (TPSA) is 94.0 Å². The zero-order valence-corrected chi connectivity index (χ0v) is 21.2. The molecule has 0 aliphatic carbocycles. The van der Waals surface area contributed by atoms with Crippen molar-refractivity contribution in [1.82, 2.24) is 19.5 Å². The van der Waals surface area contributed by atoms with Crippen LogP contribution in [0.5, 0.6) is 11.5 Å². The number of nitrogens with zero attached hydrogens (tertiary/aromatic N) is 4. The van der Waals surface area contributed by atoms with Gasteiger partial charge in [-0.05, 0) is 66.4 Å². The SMILES string of the molecule is C=CC(=O)Nc1ccc(-c2c3c4c(ncnc4n2C)NCCc2cc(Oc4ccnc(C)c4)ccc2-3)cc1. The Labute approximate surface area is 220 Å². The molecule has 2 N–H and O–H groups in total. The highest BCUT2D eigenvalue weighted by molar-refractivity contribution is 6.09. The van der Waals surface area contributed by atoms with E-state index in [0.717, 1.165) is 69.4 Å². The highest BCUT2D eigenvalue weighted by Gasteiger charge is 2.25. The molecule has 38 heavy (non-hydrogen) atoms. The smallest absolute Gasteiger partial charge is 0.247 e. The number of pyridine rings is 1. The van der Waals surface area contributed by atoms with E-state index in [1.54, 1.807) is 12.5 Å². The first kappa shape index (κ1) is 23.4. The van der Waals surface area contributed by atoms with Gasteiger partial charge in [-0.3, -0.25) is 9.78 Å². The Morgan fingerprint density at radius 1 is 1.08 bits per heavy atom. The molecule has 0 fully saturated rings. The second-order valence-electron chi connectivity index (χ2n) is 9.20. The lowest BCUT2D eigenvalue weighted by molar-refractivity contribution is -0.111. The van der Waals surface area contributed by atoms with E-state index < -0.39 is 0 Å². The number of benzene rings is 2. The molecule has 0 unspecified atom stereocenters. The van der Waals surface area contributed by atoms with E-state index in [1.807, 2.05) is 56.4 Å². The van der Waals surface area contributed by atoms with Gasteiger partial charge >= 0.3 is 0 Å². The highest BCUT2D eigenvalue weighted by Crippen LogP contribution is 2.45. The molecule has 3 aromatic heterocycles. The van der Waals surface area contributed by atoms with Crippen LogP contribution in [-0.2, 0) is 18.3 Å². The van der Waals surface area contributed by atoms with E-state index in [4.69, 9.17) is 4.74 Å². The number of amides is 1. The second-order valence-corrected chi connectivity index (χ2v) is 9.20. The first-order valence-electron chi connectivity index (χ1n) is 12.4. The maximum Gasteiger partial charge on any atom is 0.247 e. The third kappa shape index (κ3) is 4.16. The summed E-state index contributed by atoms with van der Waals surface area (Å²) >= 11 is 0. The Balaban J connectivity index is 1.50. The number of aromatic nitrogens is 4. The summed E-state index contributed by atoms with van der Waals surface area (Å²) in [5.41, 5.74) is 7.82. The summed E-state index contributed by atoms with van der Waals surface area (Å²) in [6.45, 7) is 6.20. The summed E-state index contributed by atoms with van der Waals surface area (Å²) in [6.07, 6.45) is 5.41. The molecule has 0 saturated carbocycles. The number of hydrogen-bond acceptors (Lipinski definition) is 6. The van der Waals surface area contributed by atoms with E-state index in [9.17, 15) is 4.79 Å². The number of carbonyl (C=O) groups excluding carboxylic acids is 1. The van der Waals surface area contributed by atoms with E-state index in [-0.39, 0.29) is 5.91 Å². The summed E-state index contributed by atoms with van der Waals surface area (Å²) in [5, 5.41) is 7.30. The van der Waals surface area contributed by atoms with Gasteiger partial charge in [0.05, 0.1) is 11.1 Å². The van der Waals surface area contributed by atoms with Crippen LogP contribution in [0.25, 0.3) is 33.4 Å². The van der Waals surface area contributed by atoms with Crippen LogP contribution in [0.4, 0.5) is 11.5 Å². The summed E-state index contributed by atoms with van der Waals surface area (Å²) in [4.78, 5) is 25.2. The van der Waals surface area contributed by atoms with Crippen LogP contribution < -0.4 is 15.4 Å². The lowest BCUT2D eigenvalue weighted by Crippen LogP contribution is -2.10. The van der Waals surface area contributed by atoms with Crippen LogP contribution >= 0.6 is 0 Å². The molecule has 5 aromatic rings. The predicted octanol–water partition coefficient (Wildman–Crippen LogP) is 5.89. The molecule has 0 radical (unpaired) electrons. The van der Waals surface area contributed by atoms with Crippen molar-refractivity contribution in [3.05, 3.63) is 91.0 Å². The van der Waals surface area contributed by atoms with Crippen molar-refractivity contribution in [2.45, 2.75) is 13.3 Å². The molecule has 0 bridgehead atoms. The first-order chi connectivity index (χ1) is 18.5. The van der Waals surface area contributed by atoms with E-state index >= 15 is 0 Å². The van der Waals surface area contributed by atoms with Gasteiger partial charge < -0.3 is 19.9 Å². The fraction of sp³-hybridized carbons (Fsp3) is 0.133. The van der Waals surface area contributed by atoms with Crippen LogP contribution in [0.1, 0.15) is 11.3 Å². The monoisotopic (exact) mass is 502 g/mol. The van der Waals surface area contributed by atoms with E-state index in [2.05, 4.69) is 48.9 Å². The Morgan fingerprint density at radius 3 is 2.68 bits per heavy atom. The zero-order chi connectivity index (χ0) is 26.2. The molecule has 1 aliphatic heterocycles. The lowest BCUT2D eigenvalue weighted by atomic mass is 9.92. The van der Waals surface area contributed by atoms with Crippen molar-refractivity contribution < 1.29 is 9.53 Å². The van der Waals surface area contributed by atoms with E-state index in [0.29, 0.717) is 5.69 Å². The minimum absolute atomic E-state index is 0.245. The number of ether oxygens (including phenoxy) is 1. The van der Waals surface area contributed by atoms with E-state index in [1.165, 1.54) is 11.6 Å². The number of aryl methyl sites for hydroxylation is 2. The standard InChI is InChI=1S/C30H26N6O2/c1-4-25(37)35-21-7-5-19(6-8-21)28-26-24-10-9-22(38-23-12-14-31-18(2)15-23)16-20(24)11-13-32-29-27(26)30(36(28)3)34-17-33-29/h4-10,12,14-17H,1,11,13H2,2-3H3,(H,35,37)(H,32,33,34). The zero-order valence-electron chi connectivity index (χ0n) is 21.2. The van der Waals surface area contributed by atoms with Crippen molar-refractivity contribution in [2.75, 3.05) is 17.2 Å². The highest BCUT2D eigenvalue weighted by atomic mass is 16.5. The molecular weight excluding hydrogens is 476 g/mol. The van der Waals surface area contributed by atoms with Crippen molar-refractivity contribution in [1.29, 1.82) is 0 Å². The Bertz CT molecular complexity index is 1700. The number of carbonyl (C=O) groups is 1. The summed E-state index contributed by atoms with van der Waals surface area (Å²) in [5.74, 6) is 2.10. The fourth-order valence-electron chi connectivity index (χ4n) is 5.01. The molecule has 8 nitrogen and oxygen atoms in total. The van der Waals surface area contributed by atoms with Crippen LogP contribution in [0.3, 0.4) is 0 Å². The van der Waals surface area contributed by atoms with Crippen molar-refractivity contribution in [3.8, 4) is 33.9 Å². The normalized spacial score (nSPS) is 12.2. The molecule has 188 valence electrons. The van der Waals surface area contributed by atoms with Crippen LogP contribution in [0, 0.1) is 6.92 Å². The quantitative estimate of drug-likeness (QED) is 0.291. The first-order valence-corrected chi connectivity index (χ1v) is 12.4. The van der Waals surface area contributed by atoms with Gasteiger partial charge in [-0.25, -0.2) is 9.97 Å². The summed E-state index contributed by atoms with van der Waals surface area (Å²) in [7, 11) is 2.02. The third-order valence-corrected chi connectivity index (χ3v) is 6.72. The largest absolute Gasteiger partial charge is 0.457 e. The third-order valence-electron chi connectivity index (χ3n) is 6.72. The fourth-order valence-corrected chi connectivity index (χ4v) is 5.01. The average molecular weight is 503 g/mol. The average Bonchev–Trinajstić information content (AvgIpc) is 3.21. The Hall–Kier alpha value is -4.98. The molecular formula is C30H26N6O2. The predicted molar refractivity (Wildman–Crippen MR) is 149 cm³/mol. The van der Waals surface area contributed by atoms with Crippen LogP contribution in [0.2, 0.25) is 0 Å². The molecule has 0 spiro atoms. The lowest BCUT2D eigenvalue weighted by Gasteiger charge is -2.18. The van der Waals surface area contributed by atoms with Crippen molar-refractivity contribution >= 4 is 28.4 Å². The second kappa shape index (κ2) is 9.48. The minimum atomic E-state index is -0.245. The molecule has 8 heteroatoms. The molecule has 1 amide bonds. The van der Waals surface area contributed by atoms with Gasteiger partial charge in [-0.2, -0.15) is 0 Å².